The van der Waals surface area contributed by atoms with Crippen molar-refractivity contribution in [1.29, 1.82) is 0 Å². The minimum absolute atomic E-state index is 0.112. The zero-order valence-electron chi connectivity index (χ0n) is 9.11. The topological polar surface area (TPSA) is 72.5 Å². The number of halogens is 1. The predicted molar refractivity (Wildman–Crippen MR) is 63.9 cm³/mol. The molecule has 5 nitrogen and oxygen atoms in total. The summed E-state index contributed by atoms with van der Waals surface area (Å²) in [7, 11) is -3.57. The lowest BCUT2D eigenvalue weighted by atomic mass is 10.3. The summed E-state index contributed by atoms with van der Waals surface area (Å²) in [4.78, 5) is 11.2. The number of hydrogen-bond donors (Lipinski definition) is 1. The Labute approximate surface area is 104 Å². The van der Waals surface area contributed by atoms with Crippen LogP contribution in [0.2, 0.25) is 0 Å². The van der Waals surface area contributed by atoms with E-state index in [1.807, 2.05) is 0 Å². The highest BCUT2D eigenvalue weighted by molar-refractivity contribution is 9.09. The number of carbonyl (C=O) groups is 1. The molecule has 1 fully saturated rings. The summed E-state index contributed by atoms with van der Waals surface area (Å²) >= 11 is 3.41. The van der Waals surface area contributed by atoms with Crippen LogP contribution in [0.3, 0.4) is 0 Å². The quantitative estimate of drug-likeness (QED) is 0.601. The smallest absolute Gasteiger partial charge is 0.322 e. The molecule has 0 radical (unpaired) electrons. The highest BCUT2D eigenvalue weighted by atomic mass is 79.9. The van der Waals surface area contributed by atoms with E-state index in [0.29, 0.717) is 0 Å². The van der Waals surface area contributed by atoms with Gasteiger partial charge in [-0.1, -0.05) is 22.4 Å². The second-order valence-electron chi connectivity index (χ2n) is 3.74. The molecule has 1 aliphatic rings. The van der Waals surface area contributed by atoms with Gasteiger partial charge in [-0.3, -0.25) is 4.79 Å². The van der Waals surface area contributed by atoms with Gasteiger partial charge in [0, 0.05) is 10.9 Å². The van der Waals surface area contributed by atoms with Crippen molar-refractivity contribution in [2.75, 3.05) is 12.4 Å². The highest BCUT2D eigenvalue weighted by Gasteiger charge is 2.29. The lowest BCUT2D eigenvalue weighted by Gasteiger charge is -2.15. The van der Waals surface area contributed by atoms with Crippen LogP contribution in [-0.4, -0.2) is 37.6 Å². The number of hydrogen-bond acceptors (Lipinski definition) is 4. The monoisotopic (exact) mass is 313 g/mol. The number of sulfonamides is 1. The summed E-state index contributed by atoms with van der Waals surface area (Å²) in [5.41, 5.74) is 0. The van der Waals surface area contributed by atoms with Crippen molar-refractivity contribution in [2.45, 2.75) is 37.1 Å². The number of esters is 1. The van der Waals surface area contributed by atoms with E-state index >= 15 is 0 Å². The first kappa shape index (κ1) is 13.9. The fourth-order valence-electron chi connectivity index (χ4n) is 1.68. The molecular weight excluding hydrogens is 298 g/mol. The van der Waals surface area contributed by atoms with Crippen molar-refractivity contribution in [3.63, 3.8) is 0 Å². The third-order valence-electron chi connectivity index (χ3n) is 2.38. The Balaban J connectivity index is 2.48. The minimum Gasteiger partial charge on any atom is -0.465 e. The second-order valence-corrected chi connectivity index (χ2v) is 6.67. The van der Waals surface area contributed by atoms with Crippen LogP contribution in [0.5, 0.6) is 0 Å². The van der Waals surface area contributed by atoms with Crippen molar-refractivity contribution < 1.29 is 17.9 Å². The molecule has 2 unspecified atom stereocenters. The van der Waals surface area contributed by atoms with E-state index in [-0.39, 0.29) is 17.5 Å². The Bertz CT molecular complexity index is 343. The summed E-state index contributed by atoms with van der Waals surface area (Å²) in [6.45, 7) is 1.84. The van der Waals surface area contributed by atoms with Crippen molar-refractivity contribution in [1.82, 2.24) is 4.72 Å². The minimum atomic E-state index is -3.57. The van der Waals surface area contributed by atoms with Crippen LogP contribution in [0.15, 0.2) is 0 Å². The van der Waals surface area contributed by atoms with Gasteiger partial charge in [0.2, 0.25) is 10.0 Å². The number of ether oxygens (including phenoxy) is 1. The summed E-state index contributed by atoms with van der Waals surface area (Å²) in [5, 5.41) is 0. The summed E-state index contributed by atoms with van der Waals surface area (Å²) in [5.74, 6) is -1.31. The molecular formula is C9H16BrNO4S. The van der Waals surface area contributed by atoms with Gasteiger partial charge >= 0.3 is 5.97 Å². The zero-order chi connectivity index (χ0) is 12.2. The van der Waals surface area contributed by atoms with Gasteiger partial charge in [0.15, 0.2) is 5.75 Å². The van der Waals surface area contributed by atoms with Crippen LogP contribution in [0.25, 0.3) is 0 Å². The molecule has 2 atom stereocenters. The van der Waals surface area contributed by atoms with Gasteiger partial charge in [-0.2, -0.15) is 0 Å². The Morgan fingerprint density at radius 3 is 2.69 bits per heavy atom. The zero-order valence-corrected chi connectivity index (χ0v) is 11.5. The maximum absolute atomic E-state index is 11.6. The summed E-state index contributed by atoms with van der Waals surface area (Å²) < 4.78 is 30.3. The molecule has 16 heavy (non-hydrogen) atoms. The average Bonchev–Trinajstić information content (AvgIpc) is 2.50. The molecule has 0 aromatic heterocycles. The van der Waals surface area contributed by atoms with Crippen LogP contribution in [0.1, 0.15) is 26.2 Å². The molecule has 7 heteroatoms. The van der Waals surface area contributed by atoms with E-state index < -0.39 is 21.7 Å². The number of alkyl halides is 1. The van der Waals surface area contributed by atoms with Crippen molar-refractivity contribution >= 4 is 31.9 Å². The van der Waals surface area contributed by atoms with Crippen molar-refractivity contribution in [3.8, 4) is 0 Å². The molecule has 0 amide bonds. The van der Waals surface area contributed by atoms with Crippen LogP contribution in [0.4, 0.5) is 0 Å². The average molecular weight is 314 g/mol. The van der Waals surface area contributed by atoms with E-state index in [4.69, 9.17) is 0 Å². The molecule has 1 N–H and O–H groups in total. The van der Waals surface area contributed by atoms with Gasteiger partial charge in [0.05, 0.1) is 6.61 Å². The first-order chi connectivity index (χ1) is 7.44. The van der Waals surface area contributed by atoms with Crippen LogP contribution in [-0.2, 0) is 19.6 Å². The van der Waals surface area contributed by atoms with Crippen molar-refractivity contribution in [3.05, 3.63) is 0 Å². The fourth-order valence-corrected chi connectivity index (χ4v) is 3.79. The molecule has 0 aliphatic heterocycles. The SMILES string of the molecule is CCOC(=O)CS(=O)(=O)NC1CCCC1Br. The Morgan fingerprint density at radius 1 is 1.50 bits per heavy atom. The maximum Gasteiger partial charge on any atom is 0.322 e. The van der Waals surface area contributed by atoms with Gasteiger partial charge in [-0.25, -0.2) is 13.1 Å². The van der Waals surface area contributed by atoms with Gasteiger partial charge in [-0.15, -0.1) is 0 Å². The molecule has 0 spiro atoms. The number of rotatable bonds is 5. The van der Waals surface area contributed by atoms with Crippen LogP contribution >= 0.6 is 15.9 Å². The third kappa shape index (κ3) is 4.39. The standard InChI is InChI=1S/C9H16BrNO4S/c1-2-15-9(12)6-16(13,14)11-8-5-3-4-7(8)10/h7-8,11H,2-6H2,1H3. The molecule has 94 valence electrons. The molecule has 0 heterocycles. The normalized spacial score (nSPS) is 25.6. The second kappa shape index (κ2) is 5.97. The van der Waals surface area contributed by atoms with Gasteiger partial charge < -0.3 is 4.74 Å². The molecule has 1 saturated carbocycles. The largest absolute Gasteiger partial charge is 0.465 e. The van der Waals surface area contributed by atoms with Gasteiger partial charge in [0.1, 0.15) is 0 Å². The Kier molecular flexibility index (Phi) is 5.20. The molecule has 0 bridgehead atoms. The van der Waals surface area contributed by atoms with Gasteiger partial charge in [0.25, 0.3) is 0 Å². The molecule has 0 aromatic rings. The summed E-state index contributed by atoms with van der Waals surface area (Å²) in [6.07, 6.45) is 2.74. The van der Waals surface area contributed by atoms with Crippen LogP contribution in [0, 0.1) is 0 Å². The van der Waals surface area contributed by atoms with E-state index in [9.17, 15) is 13.2 Å². The van der Waals surface area contributed by atoms with Crippen molar-refractivity contribution in [2.24, 2.45) is 0 Å². The van der Waals surface area contributed by atoms with E-state index in [2.05, 4.69) is 25.4 Å². The first-order valence-electron chi connectivity index (χ1n) is 5.24. The molecule has 1 aliphatic carbocycles. The Hall–Kier alpha value is -0.140. The Morgan fingerprint density at radius 2 is 2.19 bits per heavy atom. The lowest BCUT2D eigenvalue weighted by molar-refractivity contribution is -0.139. The fraction of sp³-hybridized carbons (Fsp3) is 0.889. The molecule has 1 rings (SSSR count). The molecule has 0 aromatic carbocycles. The number of carbonyl (C=O) groups excluding carboxylic acids is 1. The third-order valence-corrected chi connectivity index (χ3v) is 4.75. The predicted octanol–water partition coefficient (Wildman–Crippen LogP) is 0.785. The van der Waals surface area contributed by atoms with E-state index in [1.54, 1.807) is 6.92 Å². The molecule has 0 saturated heterocycles. The van der Waals surface area contributed by atoms with Crippen LogP contribution < -0.4 is 4.72 Å². The lowest BCUT2D eigenvalue weighted by Crippen LogP contribution is -2.40. The number of nitrogens with one attached hydrogen (secondary N) is 1. The summed E-state index contributed by atoms with van der Waals surface area (Å²) in [6, 6.07) is -0.112. The van der Waals surface area contributed by atoms with E-state index in [1.165, 1.54) is 0 Å². The first-order valence-corrected chi connectivity index (χ1v) is 7.81. The highest BCUT2D eigenvalue weighted by Crippen LogP contribution is 2.26. The van der Waals surface area contributed by atoms with Gasteiger partial charge in [-0.05, 0) is 19.8 Å². The van der Waals surface area contributed by atoms with E-state index in [0.717, 1.165) is 19.3 Å². The maximum atomic E-state index is 11.6.